The SMILES string of the molecule is COCc1cc(O)c(C(=O)C(C)C)c(OC)c1OC. The van der Waals surface area contributed by atoms with Crippen LogP contribution >= 0.6 is 0 Å². The lowest BCUT2D eigenvalue weighted by atomic mass is 9.97. The maximum atomic E-state index is 12.2. The molecule has 1 aromatic carbocycles. The van der Waals surface area contributed by atoms with Crippen molar-refractivity contribution in [3.8, 4) is 17.2 Å². The molecule has 0 aliphatic heterocycles. The van der Waals surface area contributed by atoms with Crippen molar-refractivity contribution < 1.29 is 24.1 Å². The zero-order chi connectivity index (χ0) is 14.6. The predicted octanol–water partition coefficient (Wildman–Crippen LogP) is 2.39. The minimum atomic E-state index is -0.252. The molecule has 0 spiro atoms. The molecule has 19 heavy (non-hydrogen) atoms. The van der Waals surface area contributed by atoms with E-state index in [0.717, 1.165) is 0 Å². The number of ether oxygens (including phenoxy) is 3. The maximum Gasteiger partial charge on any atom is 0.175 e. The number of phenolic OH excluding ortho intramolecular Hbond substituents is 1. The van der Waals surface area contributed by atoms with Crippen LogP contribution in [-0.2, 0) is 11.3 Å². The Morgan fingerprint density at radius 2 is 1.79 bits per heavy atom. The molecule has 0 aliphatic carbocycles. The molecule has 0 aliphatic rings. The molecule has 0 saturated heterocycles. The number of Topliss-reactive ketones (excluding diaryl/α,β-unsaturated/α-hetero) is 1. The Labute approximate surface area is 113 Å². The summed E-state index contributed by atoms with van der Waals surface area (Å²) in [5.41, 5.74) is 0.772. The van der Waals surface area contributed by atoms with Gasteiger partial charge in [-0.1, -0.05) is 13.8 Å². The molecule has 1 aromatic rings. The van der Waals surface area contributed by atoms with E-state index >= 15 is 0 Å². The Morgan fingerprint density at radius 1 is 1.21 bits per heavy atom. The van der Waals surface area contributed by atoms with E-state index in [2.05, 4.69) is 0 Å². The molecule has 1 N–H and O–H groups in total. The lowest BCUT2D eigenvalue weighted by Crippen LogP contribution is -2.11. The van der Waals surface area contributed by atoms with Crippen molar-refractivity contribution in [2.45, 2.75) is 20.5 Å². The van der Waals surface area contributed by atoms with E-state index in [4.69, 9.17) is 14.2 Å². The molecule has 106 valence electrons. The fraction of sp³-hybridized carbons (Fsp3) is 0.500. The number of hydrogen-bond donors (Lipinski definition) is 1. The molecule has 0 radical (unpaired) electrons. The summed E-state index contributed by atoms with van der Waals surface area (Å²) in [4.78, 5) is 12.2. The second-order valence-corrected chi connectivity index (χ2v) is 4.45. The van der Waals surface area contributed by atoms with Gasteiger partial charge in [0.05, 0.1) is 20.8 Å². The smallest absolute Gasteiger partial charge is 0.175 e. The number of phenols is 1. The fourth-order valence-corrected chi connectivity index (χ4v) is 1.89. The van der Waals surface area contributed by atoms with Gasteiger partial charge in [0, 0.05) is 18.6 Å². The largest absolute Gasteiger partial charge is 0.507 e. The lowest BCUT2D eigenvalue weighted by molar-refractivity contribution is 0.0932. The van der Waals surface area contributed by atoms with Gasteiger partial charge in [0.25, 0.3) is 0 Å². The van der Waals surface area contributed by atoms with Gasteiger partial charge >= 0.3 is 0 Å². The van der Waals surface area contributed by atoms with Gasteiger partial charge in [-0.25, -0.2) is 0 Å². The fourth-order valence-electron chi connectivity index (χ4n) is 1.89. The third kappa shape index (κ3) is 2.98. The number of carbonyl (C=O) groups is 1. The number of rotatable bonds is 6. The van der Waals surface area contributed by atoms with Crippen LogP contribution < -0.4 is 9.47 Å². The normalized spacial score (nSPS) is 10.6. The maximum absolute atomic E-state index is 12.2. The second-order valence-electron chi connectivity index (χ2n) is 4.45. The summed E-state index contributed by atoms with van der Waals surface area (Å²) in [5, 5.41) is 10.1. The Kier molecular flexibility index (Phi) is 5.18. The molecule has 1 rings (SSSR count). The van der Waals surface area contributed by atoms with Crippen LogP contribution in [-0.4, -0.2) is 32.2 Å². The first-order chi connectivity index (χ1) is 8.97. The van der Waals surface area contributed by atoms with Crippen LogP contribution in [0.3, 0.4) is 0 Å². The van der Waals surface area contributed by atoms with Crippen molar-refractivity contribution in [1.82, 2.24) is 0 Å². The van der Waals surface area contributed by atoms with Crippen molar-refractivity contribution in [3.63, 3.8) is 0 Å². The van der Waals surface area contributed by atoms with Crippen LogP contribution in [0.1, 0.15) is 29.8 Å². The summed E-state index contributed by atoms with van der Waals surface area (Å²) in [5.74, 6) is 0.0807. The summed E-state index contributed by atoms with van der Waals surface area (Å²) >= 11 is 0. The second kappa shape index (κ2) is 6.43. The van der Waals surface area contributed by atoms with Gasteiger partial charge < -0.3 is 19.3 Å². The Morgan fingerprint density at radius 3 is 2.21 bits per heavy atom. The average Bonchev–Trinajstić information content (AvgIpc) is 2.37. The van der Waals surface area contributed by atoms with Gasteiger partial charge in [0.1, 0.15) is 11.3 Å². The molecule has 5 nitrogen and oxygen atoms in total. The summed E-state index contributed by atoms with van der Waals surface area (Å²) in [6.45, 7) is 3.77. The standard InChI is InChI=1S/C14H20O5/c1-8(2)12(16)11-10(15)6-9(7-17-3)13(18-4)14(11)19-5/h6,8,15H,7H2,1-5H3. The number of aromatic hydroxyl groups is 1. The summed E-state index contributed by atoms with van der Waals surface area (Å²) in [7, 11) is 4.46. The quantitative estimate of drug-likeness (QED) is 0.802. The number of carbonyl (C=O) groups excluding carboxylic acids is 1. The van der Waals surface area contributed by atoms with E-state index in [0.29, 0.717) is 11.3 Å². The molecule has 0 fully saturated rings. The molecule has 5 heteroatoms. The number of methoxy groups -OCH3 is 3. The molecule has 0 unspecified atom stereocenters. The van der Waals surface area contributed by atoms with Gasteiger partial charge in [-0.05, 0) is 6.07 Å². The summed E-state index contributed by atoms with van der Waals surface area (Å²) in [6, 6.07) is 1.47. The van der Waals surface area contributed by atoms with Crippen LogP contribution in [0.15, 0.2) is 6.07 Å². The van der Waals surface area contributed by atoms with Gasteiger partial charge in [-0.3, -0.25) is 4.79 Å². The zero-order valence-electron chi connectivity index (χ0n) is 11.9. The molecule has 0 saturated carbocycles. The lowest BCUT2D eigenvalue weighted by Gasteiger charge is -2.18. The van der Waals surface area contributed by atoms with Crippen molar-refractivity contribution in [2.24, 2.45) is 5.92 Å². The van der Waals surface area contributed by atoms with E-state index < -0.39 is 0 Å². The number of benzene rings is 1. The van der Waals surface area contributed by atoms with E-state index in [9.17, 15) is 9.90 Å². The van der Waals surface area contributed by atoms with E-state index in [-0.39, 0.29) is 35.4 Å². The first kappa shape index (κ1) is 15.3. The van der Waals surface area contributed by atoms with Crippen molar-refractivity contribution in [1.29, 1.82) is 0 Å². The minimum Gasteiger partial charge on any atom is -0.507 e. The van der Waals surface area contributed by atoms with E-state index in [1.54, 1.807) is 13.8 Å². The molecule has 0 amide bonds. The monoisotopic (exact) mass is 268 g/mol. The van der Waals surface area contributed by atoms with E-state index in [1.807, 2.05) is 0 Å². The van der Waals surface area contributed by atoms with Gasteiger partial charge in [-0.15, -0.1) is 0 Å². The minimum absolute atomic E-state index is 0.122. The van der Waals surface area contributed by atoms with Crippen LogP contribution in [0.4, 0.5) is 0 Å². The highest BCUT2D eigenvalue weighted by molar-refractivity contribution is 6.03. The van der Waals surface area contributed by atoms with Gasteiger partial charge in [-0.2, -0.15) is 0 Å². The van der Waals surface area contributed by atoms with Crippen LogP contribution in [0.2, 0.25) is 0 Å². The molecular formula is C14H20O5. The number of ketones is 1. The third-order valence-corrected chi connectivity index (χ3v) is 2.77. The Hall–Kier alpha value is -1.75. The van der Waals surface area contributed by atoms with Crippen LogP contribution in [0.5, 0.6) is 17.2 Å². The zero-order valence-corrected chi connectivity index (χ0v) is 11.9. The third-order valence-electron chi connectivity index (χ3n) is 2.77. The summed E-state index contributed by atoms with van der Waals surface area (Å²) in [6.07, 6.45) is 0. The highest BCUT2D eigenvalue weighted by atomic mass is 16.5. The van der Waals surface area contributed by atoms with Gasteiger partial charge in [0.2, 0.25) is 0 Å². The van der Waals surface area contributed by atoms with E-state index in [1.165, 1.54) is 27.4 Å². The molecule has 0 heterocycles. The van der Waals surface area contributed by atoms with Crippen molar-refractivity contribution >= 4 is 5.78 Å². The Balaban J connectivity index is 3.52. The predicted molar refractivity (Wildman–Crippen MR) is 71.1 cm³/mol. The van der Waals surface area contributed by atoms with Crippen molar-refractivity contribution in [2.75, 3.05) is 21.3 Å². The molecule has 0 aromatic heterocycles. The van der Waals surface area contributed by atoms with Crippen LogP contribution in [0, 0.1) is 5.92 Å². The molecular weight excluding hydrogens is 248 g/mol. The highest BCUT2D eigenvalue weighted by Gasteiger charge is 2.26. The molecule has 0 atom stereocenters. The van der Waals surface area contributed by atoms with Crippen molar-refractivity contribution in [3.05, 3.63) is 17.2 Å². The number of hydrogen-bond acceptors (Lipinski definition) is 5. The van der Waals surface area contributed by atoms with Gasteiger partial charge in [0.15, 0.2) is 17.3 Å². The highest BCUT2D eigenvalue weighted by Crippen LogP contribution is 2.41. The summed E-state index contributed by atoms with van der Waals surface area (Å²) < 4.78 is 15.6. The first-order valence-corrected chi connectivity index (χ1v) is 5.97. The first-order valence-electron chi connectivity index (χ1n) is 5.97. The Bertz CT molecular complexity index is 465. The molecule has 0 bridgehead atoms. The topological polar surface area (TPSA) is 65.0 Å². The average molecular weight is 268 g/mol. The van der Waals surface area contributed by atoms with Crippen LogP contribution in [0.25, 0.3) is 0 Å².